The summed E-state index contributed by atoms with van der Waals surface area (Å²) in [6.07, 6.45) is 4.79. The molecular formula is C16H22FNO2. The van der Waals surface area contributed by atoms with E-state index in [-0.39, 0.29) is 17.6 Å². The van der Waals surface area contributed by atoms with E-state index in [0.717, 1.165) is 37.7 Å². The molecule has 0 bridgehead atoms. The molecule has 0 spiro atoms. The molecule has 1 aliphatic rings. The summed E-state index contributed by atoms with van der Waals surface area (Å²) in [5.74, 6) is 0.0315. The first kappa shape index (κ1) is 15.0. The van der Waals surface area contributed by atoms with Gasteiger partial charge in [0, 0.05) is 19.6 Å². The first-order valence-corrected chi connectivity index (χ1v) is 7.24. The molecule has 4 heteroatoms. The van der Waals surface area contributed by atoms with Gasteiger partial charge in [0.05, 0.1) is 6.10 Å². The van der Waals surface area contributed by atoms with Gasteiger partial charge in [-0.15, -0.1) is 0 Å². The van der Waals surface area contributed by atoms with Crippen LogP contribution in [0.5, 0.6) is 0 Å². The molecule has 1 aliphatic carbocycles. The second-order valence-corrected chi connectivity index (χ2v) is 5.38. The van der Waals surface area contributed by atoms with Crippen molar-refractivity contribution in [2.24, 2.45) is 5.92 Å². The predicted molar refractivity (Wildman–Crippen MR) is 75.9 cm³/mol. The molecule has 0 atom stereocenters. The SMILES string of the molecule is COC1CCC(C(=O)NCCc2ccc(F)cc2)CC1. The molecule has 2 rings (SSSR count). The molecule has 0 unspecified atom stereocenters. The van der Waals surface area contributed by atoms with Crippen LogP contribution in [0.4, 0.5) is 4.39 Å². The van der Waals surface area contributed by atoms with Crippen LogP contribution in [0.25, 0.3) is 0 Å². The summed E-state index contributed by atoms with van der Waals surface area (Å²) < 4.78 is 18.1. The molecular weight excluding hydrogens is 257 g/mol. The molecule has 1 fully saturated rings. The molecule has 0 heterocycles. The van der Waals surface area contributed by atoms with Gasteiger partial charge in [0.2, 0.25) is 5.91 Å². The Labute approximate surface area is 119 Å². The molecule has 0 saturated heterocycles. The Morgan fingerprint density at radius 1 is 1.25 bits per heavy atom. The largest absolute Gasteiger partial charge is 0.381 e. The lowest BCUT2D eigenvalue weighted by atomic mass is 9.87. The van der Waals surface area contributed by atoms with E-state index < -0.39 is 0 Å². The van der Waals surface area contributed by atoms with Crippen molar-refractivity contribution in [3.63, 3.8) is 0 Å². The Bertz CT molecular complexity index is 425. The number of rotatable bonds is 5. The topological polar surface area (TPSA) is 38.3 Å². The standard InChI is InChI=1S/C16H22FNO2/c1-20-15-8-4-13(5-9-15)16(19)18-11-10-12-2-6-14(17)7-3-12/h2-3,6-7,13,15H,4-5,8-11H2,1H3,(H,18,19). The van der Waals surface area contributed by atoms with E-state index in [1.54, 1.807) is 19.2 Å². The van der Waals surface area contributed by atoms with Crippen molar-refractivity contribution in [2.75, 3.05) is 13.7 Å². The van der Waals surface area contributed by atoms with Gasteiger partial charge in [-0.1, -0.05) is 12.1 Å². The van der Waals surface area contributed by atoms with E-state index in [1.807, 2.05) is 0 Å². The van der Waals surface area contributed by atoms with E-state index in [4.69, 9.17) is 4.74 Å². The Morgan fingerprint density at radius 3 is 2.50 bits per heavy atom. The summed E-state index contributed by atoms with van der Waals surface area (Å²) in [7, 11) is 1.73. The minimum Gasteiger partial charge on any atom is -0.381 e. The Balaban J connectivity index is 1.69. The molecule has 110 valence electrons. The van der Waals surface area contributed by atoms with Crippen molar-refractivity contribution in [3.8, 4) is 0 Å². The zero-order valence-corrected chi connectivity index (χ0v) is 11.9. The van der Waals surface area contributed by atoms with Gasteiger partial charge >= 0.3 is 0 Å². The quantitative estimate of drug-likeness (QED) is 0.900. The Morgan fingerprint density at radius 2 is 1.90 bits per heavy atom. The number of carbonyl (C=O) groups excluding carboxylic acids is 1. The highest BCUT2D eigenvalue weighted by molar-refractivity contribution is 5.78. The number of methoxy groups -OCH3 is 1. The first-order valence-electron chi connectivity index (χ1n) is 7.24. The lowest BCUT2D eigenvalue weighted by Gasteiger charge is -2.26. The van der Waals surface area contributed by atoms with Crippen LogP contribution in [0.1, 0.15) is 31.2 Å². The van der Waals surface area contributed by atoms with Crippen LogP contribution >= 0.6 is 0 Å². The fourth-order valence-corrected chi connectivity index (χ4v) is 2.69. The molecule has 1 N–H and O–H groups in total. The van der Waals surface area contributed by atoms with Gasteiger partial charge in [-0.25, -0.2) is 4.39 Å². The fourth-order valence-electron chi connectivity index (χ4n) is 2.69. The summed E-state index contributed by atoms with van der Waals surface area (Å²) in [5.41, 5.74) is 1.04. The van der Waals surface area contributed by atoms with Crippen LogP contribution < -0.4 is 5.32 Å². The van der Waals surface area contributed by atoms with Gasteiger partial charge in [0.1, 0.15) is 5.82 Å². The van der Waals surface area contributed by atoms with Gasteiger partial charge in [0.15, 0.2) is 0 Å². The summed E-state index contributed by atoms with van der Waals surface area (Å²) in [6.45, 7) is 0.606. The smallest absolute Gasteiger partial charge is 0.223 e. The lowest BCUT2D eigenvalue weighted by molar-refractivity contribution is -0.126. The molecule has 0 radical (unpaired) electrons. The van der Waals surface area contributed by atoms with Gasteiger partial charge in [-0.3, -0.25) is 4.79 Å². The molecule has 3 nitrogen and oxygen atoms in total. The van der Waals surface area contributed by atoms with E-state index in [0.29, 0.717) is 12.6 Å². The van der Waals surface area contributed by atoms with Gasteiger partial charge < -0.3 is 10.1 Å². The van der Waals surface area contributed by atoms with E-state index >= 15 is 0 Å². The normalized spacial score (nSPS) is 22.5. The number of carbonyl (C=O) groups is 1. The second kappa shape index (κ2) is 7.39. The van der Waals surface area contributed by atoms with E-state index in [2.05, 4.69) is 5.32 Å². The number of ether oxygens (including phenoxy) is 1. The maximum Gasteiger partial charge on any atom is 0.223 e. The zero-order chi connectivity index (χ0) is 14.4. The minimum absolute atomic E-state index is 0.120. The van der Waals surface area contributed by atoms with Crippen LogP contribution in [-0.2, 0) is 16.0 Å². The van der Waals surface area contributed by atoms with Crippen molar-refractivity contribution in [1.82, 2.24) is 5.32 Å². The van der Waals surface area contributed by atoms with Crippen LogP contribution in [-0.4, -0.2) is 25.7 Å². The minimum atomic E-state index is -0.229. The summed E-state index contributed by atoms with van der Waals surface area (Å²) in [4.78, 5) is 12.0. The number of nitrogens with one attached hydrogen (secondary N) is 1. The van der Waals surface area contributed by atoms with Crippen LogP contribution in [0.2, 0.25) is 0 Å². The first-order chi connectivity index (χ1) is 9.69. The molecule has 20 heavy (non-hydrogen) atoms. The maximum atomic E-state index is 12.8. The molecule has 1 amide bonds. The van der Waals surface area contributed by atoms with Crippen molar-refractivity contribution in [1.29, 1.82) is 0 Å². The molecule has 0 aliphatic heterocycles. The summed E-state index contributed by atoms with van der Waals surface area (Å²) >= 11 is 0. The van der Waals surface area contributed by atoms with E-state index in [1.165, 1.54) is 12.1 Å². The predicted octanol–water partition coefficient (Wildman–Crippen LogP) is 2.69. The van der Waals surface area contributed by atoms with E-state index in [9.17, 15) is 9.18 Å². The highest BCUT2D eigenvalue weighted by atomic mass is 19.1. The molecule has 1 saturated carbocycles. The average Bonchev–Trinajstić information content (AvgIpc) is 2.49. The number of benzene rings is 1. The zero-order valence-electron chi connectivity index (χ0n) is 11.9. The van der Waals surface area contributed by atoms with Crippen LogP contribution in [0, 0.1) is 11.7 Å². The molecule has 1 aromatic carbocycles. The molecule has 1 aromatic rings. The van der Waals surface area contributed by atoms with Crippen molar-refractivity contribution in [3.05, 3.63) is 35.6 Å². The summed E-state index contributed by atoms with van der Waals surface area (Å²) in [6, 6.07) is 6.41. The molecule has 0 aromatic heterocycles. The van der Waals surface area contributed by atoms with Crippen molar-refractivity contribution >= 4 is 5.91 Å². The highest BCUT2D eigenvalue weighted by Gasteiger charge is 2.25. The number of amides is 1. The van der Waals surface area contributed by atoms with Gasteiger partial charge in [0.25, 0.3) is 0 Å². The Kier molecular flexibility index (Phi) is 5.53. The van der Waals surface area contributed by atoms with Crippen LogP contribution in [0.15, 0.2) is 24.3 Å². The third-order valence-corrected chi connectivity index (χ3v) is 4.00. The third-order valence-electron chi connectivity index (χ3n) is 4.00. The van der Waals surface area contributed by atoms with Crippen molar-refractivity contribution in [2.45, 2.75) is 38.2 Å². The number of halogens is 1. The maximum absolute atomic E-state index is 12.8. The van der Waals surface area contributed by atoms with Crippen molar-refractivity contribution < 1.29 is 13.9 Å². The third kappa shape index (κ3) is 4.30. The second-order valence-electron chi connectivity index (χ2n) is 5.38. The van der Waals surface area contributed by atoms with Crippen LogP contribution in [0.3, 0.4) is 0 Å². The van der Waals surface area contributed by atoms with Gasteiger partial charge in [-0.2, -0.15) is 0 Å². The Hall–Kier alpha value is -1.42. The average molecular weight is 279 g/mol. The van der Waals surface area contributed by atoms with Gasteiger partial charge in [-0.05, 0) is 49.8 Å². The highest BCUT2D eigenvalue weighted by Crippen LogP contribution is 2.25. The number of hydrogen-bond acceptors (Lipinski definition) is 2. The monoisotopic (exact) mass is 279 g/mol. The summed E-state index contributed by atoms with van der Waals surface area (Å²) in [5, 5.41) is 2.97. The fraction of sp³-hybridized carbons (Fsp3) is 0.562. The number of hydrogen-bond donors (Lipinski definition) is 1. The lowest BCUT2D eigenvalue weighted by Crippen LogP contribution is -2.35.